The minimum absolute atomic E-state index is 0.567. The maximum absolute atomic E-state index is 5.74. The minimum atomic E-state index is 0.567. The molecule has 3 N–H and O–H groups in total. The molecule has 2 aromatic rings. The van der Waals surface area contributed by atoms with Gasteiger partial charge in [-0.25, -0.2) is 4.98 Å². The van der Waals surface area contributed by atoms with E-state index in [0.29, 0.717) is 12.6 Å². The Bertz CT molecular complexity index is 511. The van der Waals surface area contributed by atoms with Crippen molar-refractivity contribution in [1.29, 1.82) is 0 Å². The van der Waals surface area contributed by atoms with Crippen molar-refractivity contribution >= 4 is 5.52 Å². The van der Waals surface area contributed by atoms with Gasteiger partial charge in [0.1, 0.15) is 5.82 Å². The number of hydrogen-bond donors (Lipinski definition) is 2. The highest BCUT2D eigenvalue weighted by molar-refractivity contribution is 5.54. The summed E-state index contributed by atoms with van der Waals surface area (Å²) in [4.78, 5) is 4.53. The van der Waals surface area contributed by atoms with Gasteiger partial charge in [-0.15, -0.1) is 0 Å². The predicted octanol–water partition coefficient (Wildman–Crippen LogP) is 1.09. The van der Waals surface area contributed by atoms with Crippen LogP contribution in [0.3, 0.4) is 0 Å². The lowest BCUT2D eigenvalue weighted by Crippen LogP contribution is -2.24. The van der Waals surface area contributed by atoms with Crippen molar-refractivity contribution in [3.05, 3.63) is 35.9 Å². The summed E-state index contributed by atoms with van der Waals surface area (Å²) >= 11 is 0. The third kappa shape index (κ3) is 1.94. The van der Waals surface area contributed by atoms with Crippen molar-refractivity contribution in [3.8, 4) is 0 Å². The van der Waals surface area contributed by atoms with Gasteiger partial charge in [0, 0.05) is 25.2 Å². The average molecular weight is 230 g/mol. The van der Waals surface area contributed by atoms with E-state index in [1.807, 2.05) is 12.3 Å². The molecular formula is C13H18N4. The molecule has 1 unspecified atom stereocenters. The highest BCUT2D eigenvalue weighted by atomic mass is 15.0. The molecule has 3 heterocycles. The van der Waals surface area contributed by atoms with Crippen LogP contribution in [0.4, 0.5) is 0 Å². The van der Waals surface area contributed by atoms with Gasteiger partial charge in [-0.05, 0) is 31.0 Å². The first kappa shape index (κ1) is 10.7. The molecule has 0 spiro atoms. The van der Waals surface area contributed by atoms with Gasteiger partial charge in [-0.2, -0.15) is 0 Å². The first-order valence-electron chi connectivity index (χ1n) is 6.26. The summed E-state index contributed by atoms with van der Waals surface area (Å²) in [7, 11) is 0. The quantitative estimate of drug-likeness (QED) is 0.830. The number of nitrogens with zero attached hydrogens (tertiary/aromatic N) is 2. The summed E-state index contributed by atoms with van der Waals surface area (Å²) in [6.45, 7) is 1.71. The number of aromatic nitrogens is 2. The molecule has 0 aromatic carbocycles. The second kappa shape index (κ2) is 4.47. The zero-order valence-corrected chi connectivity index (χ0v) is 9.89. The van der Waals surface area contributed by atoms with Crippen LogP contribution in [0.1, 0.15) is 24.2 Å². The van der Waals surface area contributed by atoms with E-state index < -0.39 is 0 Å². The highest BCUT2D eigenvalue weighted by Crippen LogP contribution is 2.16. The van der Waals surface area contributed by atoms with Crippen LogP contribution in [-0.4, -0.2) is 22.0 Å². The fourth-order valence-electron chi connectivity index (χ4n) is 2.61. The average Bonchev–Trinajstić information content (AvgIpc) is 2.99. The second-order valence-corrected chi connectivity index (χ2v) is 4.66. The van der Waals surface area contributed by atoms with E-state index >= 15 is 0 Å². The van der Waals surface area contributed by atoms with Gasteiger partial charge in [-0.1, -0.05) is 6.07 Å². The van der Waals surface area contributed by atoms with E-state index in [4.69, 9.17) is 5.73 Å². The Morgan fingerprint density at radius 3 is 3.24 bits per heavy atom. The lowest BCUT2D eigenvalue weighted by atomic mass is 10.1. The third-order valence-electron chi connectivity index (χ3n) is 3.55. The monoisotopic (exact) mass is 230 g/mol. The maximum atomic E-state index is 5.74. The predicted molar refractivity (Wildman–Crippen MR) is 67.8 cm³/mol. The molecule has 90 valence electrons. The van der Waals surface area contributed by atoms with Crippen LogP contribution in [0, 0.1) is 0 Å². The van der Waals surface area contributed by atoms with E-state index in [0.717, 1.165) is 29.9 Å². The molecule has 0 aliphatic carbocycles. The molecule has 1 aliphatic rings. The standard InChI is InChI=1S/C13H18N4/c14-8-10-3-2-6-17-12(10)9-16-13(17)7-11-4-1-5-15-11/h2-3,6,9,11,15H,1,4-5,7-8,14H2. The molecule has 1 saturated heterocycles. The van der Waals surface area contributed by atoms with Crippen molar-refractivity contribution in [3.63, 3.8) is 0 Å². The van der Waals surface area contributed by atoms with Crippen LogP contribution in [0.25, 0.3) is 5.52 Å². The Morgan fingerprint density at radius 1 is 1.53 bits per heavy atom. The molecular weight excluding hydrogens is 212 g/mol. The summed E-state index contributed by atoms with van der Waals surface area (Å²) in [5, 5.41) is 3.51. The Morgan fingerprint density at radius 2 is 2.47 bits per heavy atom. The molecule has 1 aliphatic heterocycles. The van der Waals surface area contributed by atoms with Crippen LogP contribution in [0.5, 0.6) is 0 Å². The molecule has 17 heavy (non-hydrogen) atoms. The van der Waals surface area contributed by atoms with Gasteiger partial charge in [0.05, 0.1) is 11.7 Å². The van der Waals surface area contributed by atoms with Crippen molar-refractivity contribution < 1.29 is 0 Å². The number of rotatable bonds is 3. The molecule has 0 amide bonds. The molecule has 0 radical (unpaired) electrons. The van der Waals surface area contributed by atoms with Crippen LogP contribution < -0.4 is 11.1 Å². The topological polar surface area (TPSA) is 55.4 Å². The third-order valence-corrected chi connectivity index (χ3v) is 3.55. The van der Waals surface area contributed by atoms with Gasteiger partial charge in [0.15, 0.2) is 0 Å². The number of pyridine rings is 1. The molecule has 4 nitrogen and oxygen atoms in total. The number of nitrogens with one attached hydrogen (secondary N) is 1. The van der Waals surface area contributed by atoms with E-state index in [9.17, 15) is 0 Å². The summed E-state index contributed by atoms with van der Waals surface area (Å²) in [6.07, 6.45) is 7.55. The maximum Gasteiger partial charge on any atom is 0.114 e. The summed E-state index contributed by atoms with van der Waals surface area (Å²) in [6, 6.07) is 4.69. The van der Waals surface area contributed by atoms with Crippen LogP contribution in [0.15, 0.2) is 24.5 Å². The zero-order valence-electron chi connectivity index (χ0n) is 9.89. The molecule has 0 saturated carbocycles. The second-order valence-electron chi connectivity index (χ2n) is 4.66. The van der Waals surface area contributed by atoms with Crippen LogP contribution >= 0.6 is 0 Å². The highest BCUT2D eigenvalue weighted by Gasteiger charge is 2.17. The lowest BCUT2D eigenvalue weighted by Gasteiger charge is -2.09. The number of fused-ring (bicyclic) bond motifs is 1. The summed E-state index contributed by atoms with van der Waals surface area (Å²) in [5.41, 5.74) is 8.03. The van der Waals surface area contributed by atoms with E-state index in [1.54, 1.807) is 0 Å². The largest absolute Gasteiger partial charge is 0.326 e. The first-order chi connectivity index (χ1) is 8.38. The first-order valence-corrected chi connectivity index (χ1v) is 6.26. The fourth-order valence-corrected chi connectivity index (χ4v) is 2.61. The SMILES string of the molecule is NCc1cccn2c(CC3CCCN3)ncc12. The Kier molecular flexibility index (Phi) is 2.82. The van der Waals surface area contributed by atoms with Crippen molar-refractivity contribution in [1.82, 2.24) is 14.7 Å². The number of nitrogens with two attached hydrogens (primary N) is 1. The summed E-state index contributed by atoms with van der Waals surface area (Å²) in [5.74, 6) is 1.13. The minimum Gasteiger partial charge on any atom is -0.326 e. The smallest absolute Gasteiger partial charge is 0.114 e. The van der Waals surface area contributed by atoms with E-state index in [1.165, 1.54) is 12.8 Å². The van der Waals surface area contributed by atoms with Gasteiger partial charge < -0.3 is 15.5 Å². The molecule has 1 fully saturated rings. The van der Waals surface area contributed by atoms with Crippen molar-refractivity contribution in [2.75, 3.05) is 6.54 Å². The molecule has 4 heteroatoms. The van der Waals surface area contributed by atoms with Crippen molar-refractivity contribution in [2.45, 2.75) is 31.8 Å². The van der Waals surface area contributed by atoms with Gasteiger partial charge >= 0.3 is 0 Å². The number of hydrogen-bond acceptors (Lipinski definition) is 3. The Balaban J connectivity index is 1.94. The molecule has 2 aromatic heterocycles. The normalized spacial score (nSPS) is 20.2. The van der Waals surface area contributed by atoms with Crippen LogP contribution in [-0.2, 0) is 13.0 Å². The van der Waals surface area contributed by atoms with Gasteiger partial charge in [-0.3, -0.25) is 0 Å². The molecule has 1 atom stereocenters. The van der Waals surface area contributed by atoms with Gasteiger partial charge in [0.2, 0.25) is 0 Å². The fraction of sp³-hybridized carbons (Fsp3) is 0.462. The number of imidazole rings is 1. The molecule has 3 rings (SSSR count). The summed E-state index contributed by atoms with van der Waals surface area (Å²) < 4.78 is 2.17. The Hall–Kier alpha value is -1.39. The molecule has 0 bridgehead atoms. The van der Waals surface area contributed by atoms with Crippen LogP contribution in [0.2, 0.25) is 0 Å². The Labute approximate surface area is 101 Å². The van der Waals surface area contributed by atoms with Gasteiger partial charge in [0.25, 0.3) is 0 Å². The van der Waals surface area contributed by atoms with Crippen molar-refractivity contribution in [2.24, 2.45) is 5.73 Å². The van der Waals surface area contributed by atoms with E-state index in [2.05, 4.69) is 27.0 Å². The lowest BCUT2D eigenvalue weighted by molar-refractivity contribution is 0.584. The van der Waals surface area contributed by atoms with E-state index in [-0.39, 0.29) is 0 Å². The zero-order chi connectivity index (χ0) is 11.7.